The first-order valence-electron chi connectivity index (χ1n) is 10.6. The zero-order chi connectivity index (χ0) is 23.4. The molecule has 0 bridgehead atoms. The second kappa shape index (κ2) is 11.0. The van der Waals surface area contributed by atoms with Crippen molar-refractivity contribution in [2.24, 2.45) is 0 Å². The number of nitrogens with zero attached hydrogens (tertiary/aromatic N) is 2. The molecule has 3 aromatic rings. The van der Waals surface area contributed by atoms with E-state index in [0.29, 0.717) is 28.3 Å². The van der Waals surface area contributed by atoms with Crippen LogP contribution in [0.2, 0.25) is 15.1 Å². The monoisotopic (exact) mass is 520 g/mol. The van der Waals surface area contributed by atoms with Gasteiger partial charge in [0.1, 0.15) is 11.6 Å². The van der Waals surface area contributed by atoms with E-state index < -0.39 is 11.6 Å². The van der Waals surface area contributed by atoms with Crippen molar-refractivity contribution < 1.29 is 4.74 Å². The van der Waals surface area contributed by atoms with Crippen LogP contribution in [0, 0.1) is 6.92 Å². The molecule has 33 heavy (non-hydrogen) atoms. The Morgan fingerprint density at radius 3 is 2.27 bits per heavy atom. The summed E-state index contributed by atoms with van der Waals surface area (Å²) in [6.45, 7) is 3.87. The molecule has 0 N–H and O–H groups in total. The highest BCUT2D eigenvalue weighted by molar-refractivity contribution is 6.35. The van der Waals surface area contributed by atoms with E-state index >= 15 is 0 Å². The molecular weight excluding hydrogens is 498 g/mol. The Balaban J connectivity index is 1.47. The molecule has 7 heteroatoms. The van der Waals surface area contributed by atoms with Crippen LogP contribution in [-0.2, 0) is 17.9 Å². The highest BCUT2D eigenvalue weighted by atomic mass is 35.5. The minimum absolute atomic E-state index is 0.303. The van der Waals surface area contributed by atoms with Crippen LogP contribution in [0.5, 0.6) is 0 Å². The quantitative estimate of drug-likeness (QED) is 0.220. The average Bonchev–Trinajstić information content (AvgIpc) is 3.26. The molecule has 0 aliphatic carbocycles. The largest absolute Gasteiger partial charge is 0.365 e. The van der Waals surface area contributed by atoms with Gasteiger partial charge in [-0.25, -0.2) is 0 Å². The number of alkyl halides is 1. The van der Waals surface area contributed by atoms with Crippen molar-refractivity contribution in [2.75, 3.05) is 6.67 Å². The Labute approximate surface area is 215 Å². The number of aryl methyl sites for hydroxylation is 1. The summed E-state index contributed by atoms with van der Waals surface area (Å²) >= 11 is 25.5. The lowest BCUT2D eigenvalue weighted by atomic mass is 10.1. The van der Waals surface area contributed by atoms with E-state index in [0.717, 1.165) is 17.7 Å². The molecule has 2 atom stereocenters. The first-order chi connectivity index (χ1) is 15.9. The topological polar surface area (TPSA) is 15.7 Å². The Kier molecular flexibility index (Phi) is 8.11. The third-order valence-corrected chi connectivity index (χ3v) is 6.84. The maximum atomic E-state index is 6.98. The number of rotatable bonds is 8. The molecule has 3 aromatic carbocycles. The Bertz CT molecular complexity index is 1100. The summed E-state index contributed by atoms with van der Waals surface area (Å²) in [5, 5.41) is 1.81. The second-order valence-electron chi connectivity index (χ2n) is 8.08. The van der Waals surface area contributed by atoms with Crippen molar-refractivity contribution in [1.29, 1.82) is 0 Å². The minimum atomic E-state index is -0.434. The third kappa shape index (κ3) is 6.38. The molecule has 1 aliphatic heterocycles. The van der Waals surface area contributed by atoms with Crippen molar-refractivity contribution in [3.05, 3.63) is 116 Å². The molecule has 0 saturated heterocycles. The predicted octanol–water partition coefficient (Wildman–Crippen LogP) is 8.02. The van der Waals surface area contributed by atoms with E-state index in [9.17, 15) is 0 Å². The Morgan fingerprint density at radius 2 is 1.58 bits per heavy atom. The number of benzene rings is 3. The molecule has 1 heterocycles. The van der Waals surface area contributed by atoms with Gasteiger partial charge in [0.15, 0.2) is 0 Å². The number of hydrogen-bond acceptors (Lipinski definition) is 3. The van der Waals surface area contributed by atoms with Crippen molar-refractivity contribution in [3.8, 4) is 0 Å². The van der Waals surface area contributed by atoms with E-state index in [-0.39, 0.29) is 0 Å². The molecule has 3 nitrogen and oxygen atoms in total. The lowest BCUT2D eigenvalue weighted by molar-refractivity contribution is 0.00658. The molecule has 1 aliphatic rings. The summed E-state index contributed by atoms with van der Waals surface area (Å²) < 4.78 is 6.32. The van der Waals surface area contributed by atoms with Gasteiger partial charge in [0.2, 0.25) is 0 Å². The summed E-state index contributed by atoms with van der Waals surface area (Å²) in [7, 11) is 0. The van der Waals surface area contributed by atoms with Gasteiger partial charge in [0, 0.05) is 34.0 Å². The summed E-state index contributed by atoms with van der Waals surface area (Å²) in [6.07, 6.45) is 3.66. The van der Waals surface area contributed by atoms with Crippen LogP contribution in [0.15, 0.2) is 79.1 Å². The fourth-order valence-corrected chi connectivity index (χ4v) is 4.59. The normalized spacial score (nSPS) is 15.2. The van der Waals surface area contributed by atoms with Gasteiger partial charge >= 0.3 is 0 Å². The molecule has 2 unspecified atom stereocenters. The van der Waals surface area contributed by atoms with Crippen LogP contribution in [0.25, 0.3) is 0 Å². The van der Waals surface area contributed by atoms with Crippen LogP contribution in [0.1, 0.15) is 28.4 Å². The number of halogens is 4. The Hall–Kier alpha value is -1.88. The van der Waals surface area contributed by atoms with Gasteiger partial charge in [0.25, 0.3) is 0 Å². The lowest BCUT2D eigenvalue weighted by Gasteiger charge is -2.31. The molecule has 0 amide bonds. The minimum Gasteiger partial charge on any atom is -0.365 e. The van der Waals surface area contributed by atoms with Gasteiger partial charge in [-0.3, -0.25) is 0 Å². The molecule has 172 valence electrons. The zero-order valence-electron chi connectivity index (χ0n) is 18.1. The highest BCUT2D eigenvalue weighted by Crippen LogP contribution is 2.33. The molecule has 0 saturated carbocycles. The van der Waals surface area contributed by atoms with E-state index in [1.165, 1.54) is 11.1 Å². The van der Waals surface area contributed by atoms with E-state index in [1.54, 1.807) is 12.1 Å². The average molecular weight is 522 g/mol. The first kappa shape index (κ1) is 24.3. The lowest BCUT2D eigenvalue weighted by Crippen LogP contribution is -2.35. The number of ether oxygens (including phenoxy) is 1. The fraction of sp³-hybridized carbons (Fsp3) is 0.231. The summed E-state index contributed by atoms with van der Waals surface area (Å²) in [6, 6.07) is 21.5. The SMILES string of the molecule is Cc1ccc(CN2C=CN(C(Cl)C(OCc3ccc(Cl)cc3Cl)c3ccc(Cl)cc3)C2)cc1. The summed E-state index contributed by atoms with van der Waals surface area (Å²) in [4.78, 5) is 4.29. The van der Waals surface area contributed by atoms with Crippen LogP contribution in [0.4, 0.5) is 0 Å². The standard InChI is InChI=1S/C26H24Cl4N2O/c1-18-2-4-19(5-3-18)15-31-12-13-32(17-31)26(30)25(20-6-9-22(27)10-7-20)33-16-21-8-11-23(28)14-24(21)29/h2-14,25-26H,15-17H2,1H3. The fourth-order valence-electron chi connectivity index (χ4n) is 3.65. The molecule has 0 fully saturated rings. The van der Waals surface area contributed by atoms with Crippen molar-refractivity contribution >= 4 is 46.4 Å². The summed E-state index contributed by atoms with van der Waals surface area (Å²) in [5.74, 6) is 0. The van der Waals surface area contributed by atoms with Crippen molar-refractivity contribution in [2.45, 2.75) is 31.7 Å². The van der Waals surface area contributed by atoms with Gasteiger partial charge in [-0.1, -0.05) is 94.4 Å². The maximum Gasteiger partial charge on any atom is 0.135 e. The van der Waals surface area contributed by atoms with Gasteiger partial charge in [0.05, 0.1) is 13.3 Å². The summed E-state index contributed by atoms with van der Waals surface area (Å²) in [5.41, 5.74) is 3.86. The highest BCUT2D eigenvalue weighted by Gasteiger charge is 2.29. The van der Waals surface area contributed by atoms with Crippen LogP contribution in [0.3, 0.4) is 0 Å². The van der Waals surface area contributed by atoms with E-state index in [4.69, 9.17) is 51.1 Å². The molecular formula is C26H24Cl4N2O. The molecule has 0 aromatic heterocycles. The third-order valence-electron chi connectivity index (χ3n) is 5.52. The van der Waals surface area contributed by atoms with Crippen LogP contribution in [-0.4, -0.2) is 22.0 Å². The van der Waals surface area contributed by atoms with Gasteiger partial charge in [-0.15, -0.1) is 0 Å². The van der Waals surface area contributed by atoms with Gasteiger partial charge in [-0.2, -0.15) is 0 Å². The molecule has 0 radical (unpaired) electrons. The van der Waals surface area contributed by atoms with Gasteiger partial charge < -0.3 is 14.5 Å². The van der Waals surface area contributed by atoms with E-state index in [2.05, 4.69) is 47.2 Å². The van der Waals surface area contributed by atoms with Crippen LogP contribution < -0.4 is 0 Å². The molecule has 4 rings (SSSR count). The van der Waals surface area contributed by atoms with Crippen LogP contribution >= 0.6 is 46.4 Å². The smallest absolute Gasteiger partial charge is 0.135 e. The predicted molar refractivity (Wildman–Crippen MR) is 138 cm³/mol. The Morgan fingerprint density at radius 1 is 0.879 bits per heavy atom. The second-order valence-corrected chi connectivity index (χ2v) is 9.81. The van der Waals surface area contributed by atoms with Gasteiger partial charge in [-0.05, 0) is 47.9 Å². The molecule has 0 spiro atoms. The number of hydrogen-bond donors (Lipinski definition) is 0. The maximum absolute atomic E-state index is 6.98. The van der Waals surface area contributed by atoms with Crippen molar-refractivity contribution in [3.63, 3.8) is 0 Å². The zero-order valence-corrected chi connectivity index (χ0v) is 21.1. The van der Waals surface area contributed by atoms with Crippen molar-refractivity contribution in [1.82, 2.24) is 9.80 Å². The van der Waals surface area contributed by atoms with E-state index in [1.807, 2.05) is 36.5 Å². The first-order valence-corrected chi connectivity index (χ1v) is 12.1.